The van der Waals surface area contributed by atoms with Gasteiger partial charge in [0.15, 0.2) is 0 Å². The van der Waals surface area contributed by atoms with Crippen LogP contribution in [0.4, 0.5) is 4.39 Å². The highest BCUT2D eigenvalue weighted by Gasteiger charge is 2.28. The summed E-state index contributed by atoms with van der Waals surface area (Å²) in [4.78, 5) is 0. The molecule has 3 unspecified atom stereocenters. The van der Waals surface area contributed by atoms with Gasteiger partial charge in [-0.05, 0) is 43.5 Å². The van der Waals surface area contributed by atoms with Crippen LogP contribution in [0.25, 0.3) is 0 Å². The standard InChI is InChI=1S/C16H22FNO2/c17-13-5-6-16-12(7-13)8-14(20-16)10-19-15-4-2-1-3-11(15)9-18/h5-7,11,14-15H,1-4,8-10,18H2. The summed E-state index contributed by atoms with van der Waals surface area (Å²) in [5.74, 6) is 1.06. The molecule has 1 fully saturated rings. The van der Waals surface area contributed by atoms with E-state index in [0.717, 1.165) is 30.6 Å². The fourth-order valence-corrected chi connectivity index (χ4v) is 3.28. The highest BCUT2D eigenvalue weighted by molar-refractivity contribution is 5.37. The molecule has 0 saturated heterocycles. The molecule has 2 N–H and O–H groups in total. The normalized spacial score (nSPS) is 29.0. The van der Waals surface area contributed by atoms with Gasteiger partial charge in [0.25, 0.3) is 0 Å². The van der Waals surface area contributed by atoms with Crippen LogP contribution in [0.15, 0.2) is 18.2 Å². The number of ether oxygens (including phenoxy) is 2. The van der Waals surface area contributed by atoms with Gasteiger partial charge in [-0.3, -0.25) is 0 Å². The van der Waals surface area contributed by atoms with Crippen molar-refractivity contribution in [2.24, 2.45) is 11.7 Å². The lowest BCUT2D eigenvalue weighted by Crippen LogP contribution is -2.35. The van der Waals surface area contributed by atoms with E-state index < -0.39 is 0 Å². The van der Waals surface area contributed by atoms with Crippen LogP contribution < -0.4 is 10.5 Å². The van der Waals surface area contributed by atoms with E-state index in [-0.39, 0.29) is 18.0 Å². The molecule has 0 spiro atoms. The molecule has 0 radical (unpaired) electrons. The number of fused-ring (bicyclic) bond motifs is 1. The van der Waals surface area contributed by atoms with Gasteiger partial charge in [-0.2, -0.15) is 0 Å². The molecule has 0 amide bonds. The van der Waals surface area contributed by atoms with Gasteiger partial charge < -0.3 is 15.2 Å². The van der Waals surface area contributed by atoms with Gasteiger partial charge in [0.1, 0.15) is 17.7 Å². The van der Waals surface area contributed by atoms with Gasteiger partial charge in [0.05, 0.1) is 12.7 Å². The lowest BCUT2D eigenvalue weighted by atomic mass is 9.86. The van der Waals surface area contributed by atoms with Crippen LogP contribution in [0, 0.1) is 11.7 Å². The van der Waals surface area contributed by atoms with Crippen LogP contribution in [0.3, 0.4) is 0 Å². The maximum absolute atomic E-state index is 13.2. The quantitative estimate of drug-likeness (QED) is 0.921. The monoisotopic (exact) mass is 279 g/mol. The summed E-state index contributed by atoms with van der Waals surface area (Å²) in [6, 6.07) is 4.69. The molecule has 0 aromatic heterocycles. The van der Waals surface area contributed by atoms with E-state index in [9.17, 15) is 4.39 Å². The summed E-state index contributed by atoms with van der Waals surface area (Å²) >= 11 is 0. The van der Waals surface area contributed by atoms with Gasteiger partial charge in [0.2, 0.25) is 0 Å². The summed E-state index contributed by atoms with van der Waals surface area (Å²) in [6.07, 6.45) is 5.73. The molecule has 2 aliphatic rings. The lowest BCUT2D eigenvalue weighted by Gasteiger charge is -2.31. The molecule has 1 saturated carbocycles. The van der Waals surface area contributed by atoms with Crippen molar-refractivity contribution in [2.45, 2.75) is 44.3 Å². The van der Waals surface area contributed by atoms with Crippen molar-refractivity contribution in [3.05, 3.63) is 29.6 Å². The molecule has 3 nitrogen and oxygen atoms in total. The zero-order chi connectivity index (χ0) is 13.9. The largest absolute Gasteiger partial charge is 0.487 e. The van der Waals surface area contributed by atoms with Crippen LogP contribution in [-0.4, -0.2) is 25.4 Å². The van der Waals surface area contributed by atoms with Crippen molar-refractivity contribution in [2.75, 3.05) is 13.2 Å². The van der Waals surface area contributed by atoms with Gasteiger partial charge in [-0.25, -0.2) is 4.39 Å². The number of hydrogen-bond donors (Lipinski definition) is 1. The van der Waals surface area contributed by atoms with Crippen LogP contribution >= 0.6 is 0 Å². The fourth-order valence-electron chi connectivity index (χ4n) is 3.28. The SMILES string of the molecule is NCC1CCCCC1OCC1Cc2cc(F)ccc2O1. The first-order valence-corrected chi connectivity index (χ1v) is 7.53. The summed E-state index contributed by atoms with van der Waals surface area (Å²) in [6.45, 7) is 1.26. The minimum Gasteiger partial charge on any atom is -0.487 e. The topological polar surface area (TPSA) is 44.5 Å². The third-order valence-corrected chi connectivity index (χ3v) is 4.40. The van der Waals surface area contributed by atoms with E-state index in [1.807, 2.05) is 0 Å². The highest BCUT2D eigenvalue weighted by atomic mass is 19.1. The van der Waals surface area contributed by atoms with E-state index in [2.05, 4.69) is 0 Å². The highest BCUT2D eigenvalue weighted by Crippen LogP contribution is 2.31. The molecule has 0 bridgehead atoms. The molecule has 3 atom stereocenters. The average molecular weight is 279 g/mol. The first-order chi connectivity index (χ1) is 9.76. The van der Waals surface area contributed by atoms with Crippen LogP contribution in [0.5, 0.6) is 5.75 Å². The van der Waals surface area contributed by atoms with Crippen LogP contribution in [0.1, 0.15) is 31.2 Å². The zero-order valence-corrected chi connectivity index (χ0v) is 11.7. The Morgan fingerprint density at radius 1 is 1.30 bits per heavy atom. The molecule has 1 heterocycles. The maximum Gasteiger partial charge on any atom is 0.126 e. The van der Waals surface area contributed by atoms with Gasteiger partial charge >= 0.3 is 0 Å². The van der Waals surface area contributed by atoms with Gasteiger partial charge in [-0.1, -0.05) is 12.8 Å². The summed E-state index contributed by atoms with van der Waals surface area (Å²) < 4.78 is 25.0. The molecule has 3 rings (SSSR count). The molecule has 20 heavy (non-hydrogen) atoms. The second-order valence-corrected chi connectivity index (χ2v) is 5.85. The van der Waals surface area contributed by atoms with E-state index in [0.29, 0.717) is 19.1 Å². The van der Waals surface area contributed by atoms with E-state index >= 15 is 0 Å². The minimum absolute atomic E-state index is 0.00662. The smallest absolute Gasteiger partial charge is 0.126 e. The van der Waals surface area contributed by atoms with Gasteiger partial charge in [-0.15, -0.1) is 0 Å². The van der Waals surface area contributed by atoms with Crippen molar-refractivity contribution in [3.63, 3.8) is 0 Å². The molecule has 1 aliphatic heterocycles. The van der Waals surface area contributed by atoms with Crippen molar-refractivity contribution in [1.29, 1.82) is 0 Å². The van der Waals surface area contributed by atoms with Crippen LogP contribution in [-0.2, 0) is 11.2 Å². The Labute approximate surface area is 119 Å². The Morgan fingerprint density at radius 3 is 3.00 bits per heavy atom. The van der Waals surface area contributed by atoms with Crippen molar-refractivity contribution < 1.29 is 13.9 Å². The third-order valence-electron chi connectivity index (χ3n) is 4.40. The molecular formula is C16H22FNO2. The number of nitrogens with two attached hydrogens (primary N) is 1. The van der Waals surface area contributed by atoms with Crippen molar-refractivity contribution in [1.82, 2.24) is 0 Å². The zero-order valence-electron chi connectivity index (χ0n) is 11.7. The fraction of sp³-hybridized carbons (Fsp3) is 0.625. The van der Waals surface area contributed by atoms with Crippen molar-refractivity contribution >= 4 is 0 Å². The van der Waals surface area contributed by atoms with E-state index in [1.165, 1.54) is 18.9 Å². The number of hydrogen-bond acceptors (Lipinski definition) is 3. The van der Waals surface area contributed by atoms with E-state index in [1.54, 1.807) is 12.1 Å². The molecule has 4 heteroatoms. The first-order valence-electron chi connectivity index (χ1n) is 7.53. The van der Waals surface area contributed by atoms with Gasteiger partial charge in [0, 0.05) is 12.0 Å². The summed E-state index contributed by atoms with van der Waals surface area (Å²) in [5, 5.41) is 0. The number of benzene rings is 1. The third kappa shape index (κ3) is 2.96. The lowest BCUT2D eigenvalue weighted by molar-refractivity contribution is -0.0373. The molecule has 1 aromatic carbocycles. The molecule has 1 aromatic rings. The Bertz CT molecular complexity index is 466. The predicted octanol–water partition coefficient (Wildman–Crippen LogP) is 2.66. The number of rotatable bonds is 4. The average Bonchev–Trinajstić information content (AvgIpc) is 2.87. The summed E-state index contributed by atoms with van der Waals surface area (Å²) in [5.41, 5.74) is 6.75. The van der Waals surface area contributed by atoms with Crippen LogP contribution in [0.2, 0.25) is 0 Å². The molecular weight excluding hydrogens is 257 g/mol. The first kappa shape index (κ1) is 13.8. The summed E-state index contributed by atoms with van der Waals surface area (Å²) in [7, 11) is 0. The Kier molecular flexibility index (Phi) is 4.22. The van der Waals surface area contributed by atoms with E-state index in [4.69, 9.17) is 15.2 Å². The Balaban J connectivity index is 1.53. The maximum atomic E-state index is 13.2. The molecule has 1 aliphatic carbocycles. The number of halogens is 1. The predicted molar refractivity (Wildman–Crippen MR) is 75.3 cm³/mol. The van der Waals surface area contributed by atoms with Crippen molar-refractivity contribution in [3.8, 4) is 5.75 Å². The second kappa shape index (κ2) is 6.10. The Hall–Kier alpha value is -1.13. The minimum atomic E-state index is -0.204. The second-order valence-electron chi connectivity index (χ2n) is 5.85. The molecule has 110 valence electrons. The Morgan fingerprint density at radius 2 is 2.15 bits per heavy atom.